The molecule has 2 atom stereocenters. The van der Waals surface area contributed by atoms with Crippen molar-refractivity contribution >= 4 is 52.9 Å². The van der Waals surface area contributed by atoms with E-state index in [0.717, 1.165) is 39.9 Å². The lowest BCUT2D eigenvalue weighted by Crippen LogP contribution is -2.15. The number of fused-ring (bicyclic) bond motifs is 3. The van der Waals surface area contributed by atoms with Crippen molar-refractivity contribution in [1.82, 2.24) is 9.97 Å². The summed E-state index contributed by atoms with van der Waals surface area (Å²) in [5, 5.41) is 9.25. The van der Waals surface area contributed by atoms with Gasteiger partial charge in [-0.05, 0) is 65.1 Å². The summed E-state index contributed by atoms with van der Waals surface area (Å²) in [7, 11) is 0. The fourth-order valence-electron chi connectivity index (χ4n) is 4.03. The zero-order chi connectivity index (χ0) is 24.5. The van der Waals surface area contributed by atoms with Crippen molar-refractivity contribution in [1.29, 1.82) is 0 Å². The highest BCUT2D eigenvalue weighted by Gasteiger charge is 2.27. The molecule has 4 aromatic rings. The number of hydrogen-bond donors (Lipinski definition) is 1. The van der Waals surface area contributed by atoms with E-state index in [2.05, 4.69) is 9.97 Å². The van der Waals surface area contributed by atoms with Crippen LogP contribution in [0.2, 0.25) is 0 Å². The van der Waals surface area contributed by atoms with Gasteiger partial charge >= 0.3 is 5.97 Å². The lowest BCUT2D eigenvalue weighted by atomic mass is 9.98. The molecule has 2 aromatic carbocycles. The molecule has 0 radical (unpaired) electrons. The quantitative estimate of drug-likeness (QED) is 0.334. The third-order valence-corrected chi connectivity index (χ3v) is 7.28. The average Bonchev–Trinajstić information content (AvgIpc) is 3.00. The molecular weight excluding hydrogens is 466 g/mol. The Labute approximate surface area is 205 Å². The fourth-order valence-corrected chi connectivity index (χ4v) is 5.25. The number of aromatic nitrogens is 2. The van der Waals surface area contributed by atoms with Crippen molar-refractivity contribution in [2.24, 2.45) is 0 Å². The van der Waals surface area contributed by atoms with Gasteiger partial charge in [0.1, 0.15) is 5.25 Å². The second-order valence-electron chi connectivity index (χ2n) is 8.25. The Bertz CT molecular complexity index is 1520. The first kappa shape index (κ1) is 22.9. The molecule has 4 nitrogen and oxygen atoms in total. The Morgan fingerprint density at radius 1 is 1.00 bits per heavy atom. The SMILES string of the molecule is CC(SC1c2cnccc2C=Cc2ccc(C=Cc3ccc4cc(F)c(F)cc4n3)cc21)C(=O)O. The van der Waals surface area contributed by atoms with Crippen LogP contribution in [0.25, 0.3) is 35.2 Å². The molecule has 0 amide bonds. The number of benzene rings is 2. The van der Waals surface area contributed by atoms with Crippen LogP contribution in [0, 0.1) is 11.6 Å². The predicted molar refractivity (Wildman–Crippen MR) is 137 cm³/mol. The summed E-state index contributed by atoms with van der Waals surface area (Å²) < 4.78 is 27.1. The van der Waals surface area contributed by atoms with E-state index in [-0.39, 0.29) is 5.25 Å². The van der Waals surface area contributed by atoms with Crippen LogP contribution < -0.4 is 0 Å². The number of aliphatic carboxylic acids is 1. The highest BCUT2D eigenvalue weighted by atomic mass is 32.2. The third kappa shape index (κ3) is 4.72. The topological polar surface area (TPSA) is 63.1 Å². The van der Waals surface area contributed by atoms with Crippen LogP contribution in [0.15, 0.2) is 60.9 Å². The molecule has 1 aliphatic rings. The van der Waals surface area contributed by atoms with Crippen molar-refractivity contribution in [2.45, 2.75) is 17.4 Å². The first-order valence-corrected chi connectivity index (χ1v) is 11.9. The zero-order valence-corrected chi connectivity index (χ0v) is 19.5. The first-order chi connectivity index (χ1) is 16.9. The Morgan fingerprint density at radius 3 is 2.57 bits per heavy atom. The van der Waals surface area contributed by atoms with Gasteiger partial charge in [0.05, 0.1) is 16.5 Å². The molecule has 1 N–H and O–H groups in total. The summed E-state index contributed by atoms with van der Waals surface area (Å²) in [6.45, 7) is 1.69. The van der Waals surface area contributed by atoms with Crippen molar-refractivity contribution in [3.8, 4) is 0 Å². The minimum Gasteiger partial charge on any atom is -0.480 e. The van der Waals surface area contributed by atoms with Crippen molar-refractivity contribution in [3.05, 3.63) is 106 Å². The number of pyridine rings is 2. The number of thioether (sulfide) groups is 1. The van der Waals surface area contributed by atoms with Gasteiger partial charge in [-0.15, -0.1) is 11.8 Å². The molecule has 2 unspecified atom stereocenters. The average molecular weight is 487 g/mol. The molecule has 2 heterocycles. The Balaban J connectivity index is 1.52. The molecule has 1 aliphatic carbocycles. The molecule has 0 bridgehead atoms. The summed E-state index contributed by atoms with van der Waals surface area (Å²) in [5.41, 5.74) is 5.87. The minimum atomic E-state index is -0.932. The van der Waals surface area contributed by atoms with Gasteiger partial charge < -0.3 is 5.11 Å². The van der Waals surface area contributed by atoms with Crippen molar-refractivity contribution in [3.63, 3.8) is 0 Å². The number of carbonyl (C=O) groups is 1. The monoisotopic (exact) mass is 486 g/mol. The van der Waals surface area contributed by atoms with E-state index in [1.54, 1.807) is 31.5 Å². The van der Waals surface area contributed by atoms with Gasteiger partial charge in [-0.1, -0.05) is 36.4 Å². The van der Waals surface area contributed by atoms with Crippen LogP contribution in [0.4, 0.5) is 8.78 Å². The normalized spacial score (nSPS) is 15.6. The van der Waals surface area contributed by atoms with E-state index in [1.165, 1.54) is 11.8 Å². The van der Waals surface area contributed by atoms with Gasteiger partial charge in [0, 0.05) is 23.8 Å². The van der Waals surface area contributed by atoms with Crippen LogP contribution in [0.1, 0.15) is 45.7 Å². The zero-order valence-electron chi connectivity index (χ0n) is 18.7. The summed E-state index contributed by atoms with van der Waals surface area (Å²) >= 11 is 1.37. The van der Waals surface area contributed by atoms with E-state index in [9.17, 15) is 18.7 Å². The number of rotatable bonds is 5. The lowest BCUT2D eigenvalue weighted by molar-refractivity contribution is -0.136. The molecule has 35 heavy (non-hydrogen) atoms. The molecule has 5 rings (SSSR count). The standard InChI is InChI=1S/C28H20F2N2O2S/c1-16(28(33)34)35-27-22-12-17(2-4-18(22)5-6-19-10-11-31-15-23(19)27)3-8-21-9-7-20-13-24(29)25(30)14-26(20)32-21/h2-16,27H,1H3,(H,33,34). The molecule has 0 spiro atoms. The van der Waals surface area contributed by atoms with Crippen LogP contribution in [-0.4, -0.2) is 26.3 Å². The fraction of sp³-hybridized carbons (Fsp3) is 0.107. The van der Waals surface area contributed by atoms with Crippen LogP contribution in [0.5, 0.6) is 0 Å². The molecule has 7 heteroatoms. The maximum atomic E-state index is 13.6. The molecule has 0 saturated heterocycles. The van der Waals surface area contributed by atoms with E-state index in [4.69, 9.17) is 0 Å². The van der Waals surface area contributed by atoms with Crippen molar-refractivity contribution in [2.75, 3.05) is 0 Å². The molecule has 2 aromatic heterocycles. The number of carboxylic acids is 1. The smallest absolute Gasteiger partial charge is 0.316 e. The van der Waals surface area contributed by atoms with E-state index in [1.807, 2.05) is 48.6 Å². The van der Waals surface area contributed by atoms with Gasteiger partial charge in [0.25, 0.3) is 0 Å². The predicted octanol–water partition coefficient (Wildman–Crippen LogP) is 6.86. The van der Waals surface area contributed by atoms with E-state index in [0.29, 0.717) is 16.6 Å². The van der Waals surface area contributed by atoms with E-state index < -0.39 is 22.9 Å². The Morgan fingerprint density at radius 2 is 1.77 bits per heavy atom. The van der Waals surface area contributed by atoms with Crippen LogP contribution in [-0.2, 0) is 4.79 Å². The van der Waals surface area contributed by atoms with Gasteiger partial charge in [-0.2, -0.15) is 0 Å². The Hall–Kier alpha value is -3.84. The number of nitrogens with zero attached hydrogens (tertiary/aromatic N) is 2. The maximum Gasteiger partial charge on any atom is 0.316 e. The van der Waals surface area contributed by atoms with Gasteiger partial charge in [0.15, 0.2) is 11.6 Å². The van der Waals surface area contributed by atoms with Gasteiger partial charge in [0.2, 0.25) is 0 Å². The summed E-state index contributed by atoms with van der Waals surface area (Å²) in [6, 6.07) is 13.6. The number of halogens is 2. The molecular formula is C28H20F2N2O2S. The lowest BCUT2D eigenvalue weighted by Gasteiger charge is -2.22. The van der Waals surface area contributed by atoms with Crippen LogP contribution >= 0.6 is 11.8 Å². The minimum absolute atomic E-state index is 0.209. The van der Waals surface area contributed by atoms with E-state index >= 15 is 0 Å². The van der Waals surface area contributed by atoms with Gasteiger partial charge in [-0.3, -0.25) is 9.78 Å². The summed E-state index contributed by atoms with van der Waals surface area (Å²) in [5.74, 6) is -2.70. The van der Waals surface area contributed by atoms with Gasteiger partial charge in [-0.25, -0.2) is 13.8 Å². The maximum absolute atomic E-state index is 13.6. The van der Waals surface area contributed by atoms with Crippen LogP contribution in [0.3, 0.4) is 0 Å². The number of hydrogen-bond acceptors (Lipinski definition) is 4. The largest absolute Gasteiger partial charge is 0.480 e. The highest BCUT2D eigenvalue weighted by Crippen LogP contribution is 2.44. The molecule has 0 fully saturated rings. The second-order valence-corrected chi connectivity index (χ2v) is 9.70. The summed E-state index contributed by atoms with van der Waals surface area (Å²) in [6.07, 6.45) is 11.3. The molecule has 0 aliphatic heterocycles. The van der Waals surface area contributed by atoms with Crippen molar-refractivity contribution < 1.29 is 18.7 Å². The third-order valence-electron chi connectivity index (χ3n) is 5.89. The molecule has 0 saturated carbocycles. The first-order valence-electron chi connectivity index (χ1n) is 11.0. The summed E-state index contributed by atoms with van der Waals surface area (Å²) in [4.78, 5) is 20.3. The molecule has 174 valence electrons. The highest BCUT2D eigenvalue weighted by molar-refractivity contribution is 8.01. The Kier molecular flexibility index (Phi) is 6.17. The number of carboxylic acid groups (broad SMARTS) is 1. The second kappa shape index (κ2) is 9.43.